The Balaban J connectivity index is 1.47. The van der Waals surface area contributed by atoms with Crippen LogP contribution in [0.25, 0.3) is 0 Å². The number of ether oxygens (including phenoxy) is 6. The van der Waals surface area contributed by atoms with E-state index in [1.807, 2.05) is 24.3 Å². The van der Waals surface area contributed by atoms with E-state index in [0.29, 0.717) is 0 Å². The molecule has 2 saturated heterocycles. The standard InChI is InChI=1S/C29H40O6/c1-18-28(3,26(34-18)22-12-10-20(30-5)16-24(22)32-7)14-9-15-29(4)19(2)35-27(29)23-13-11-21(31-6)17-25(23)33-8/h10-13,16-19,26-27H,9,14-15H2,1-8H3. The van der Waals surface area contributed by atoms with Crippen molar-refractivity contribution in [2.24, 2.45) is 10.8 Å². The molecule has 0 radical (unpaired) electrons. The van der Waals surface area contributed by atoms with Crippen LogP contribution < -0.4 is 18.9 Å². The average Bonchev–Trinajstić information content (AvgIpc) is 2.89. The number of rotatable bonds is 10. The second kappa shape index (κ2) is 9.90. The Hall–Kier alpha value is -2.44. The fourth-order valence-corrected chi connectivity index (χ4v) is 5.76. The van der Waals surface area contributed by atoms with Crippen LogP contribution in [0.2, 0.25) is 0 Å². The molecule has 6 heteroatoms. The van der Waals surface area contributed by atoms with Crippen molar-refractivity contribution in [2.75, 3.05) is 28.4 Å². The molecule has 2 aliphatic heterocycles. The molecule has 4 rings (SSSR count). The van der Waals surface area contributed by atoms with Crippen molar-refractivity contribution in [1.29, 1.82) is 0 Å². The van der Waals surface area contributed by atoms with Crippen molar-refractivity contribution in [3.8, 4) is 23.0 Å². The minimum absolute atomic E-state index is 0.00120. The Labute approximate surface area is 209 Å². The van der Waals surface area contributed by atoms with Crippen LogP contribution in [-0.2, 0) is 9.47 Å². The van der Waals surface area contributed by atoms with E-state index in [-0.39, 0.29) is 35.2 Å². The van der Waals surface area contributed by atoms with Crippen LogP contribution in [0.1, 0.15) is 70.3 Å². The van der Waals surface area contributed by atoms with E-state index >= 15 is 0 Å². The third-order valence-corrected chi connectivity index (χ3v) is 8.61. The molecule has 0 amide bonds. The van der Waals surface area contributed by atoms with Gasteiger partial charge in [-0.25, -0.2) is 0 Å². The Bertz CT molecular complexity index is 956. The highest BCUT2D eigenvalue weighted by atomic mass is 16.5. The van der Waals surface area contributed by atoms with Crippen LogP contribution in [0.5, 0.6) is 23.0 Å². The van der Waals surface area contributed by atoms with Crippen molar-refractivity contribution in [2.45, 2.75) is 71.4 Å². The predicted octanol–water partition coefficient (Wildman–Crippen LogP) is 6.52. The summed E-state index contributed by atoms with van der Waals surface area (Å²) in [4.78, 5) is 0. The summed E-state index contributed by atoms with van der Waals surface area (Å²) in [6, 6.07) is 12.0. The maximum atomic E-state index is 6.27. The summed E-state index contributed by atoms with van der Waals surface area (Å²) < 4.78 is 34.6. The maximum Gasteiger partial charge on any atom is 0.128 e. The highest BCUT2D eigenvalue weighted by Gasteiger charge is 2.54. The zero-order valence-corrected chi connectivity index (χ0v) is 22.3. The van der Waals surface area contributed by atoms with Gasteiger partial charge in [0.25, 0.3) is 0 Å². The summed E-state index contributed by atoms with van der Waals surface area (Å²) >= 11 is 0. The van der Waals surface area contributed by atoms with Gasteiger partial charge < -0.3 is 28.4 Å². The van der Waals surface area contributed by atoms with Gasteiger partial charge in [-0.3, -0.25) is 0 Å². The lowest BCUT2D eigenvalue weighted by atomic mass is 9.64. The summed E-state index contributed by atoms with van der Waals surface area (Å²) in [7, 11) is 6.73. The van der Waals surface area contributed by atoms with Crippen LogP contribution in [-0.4, -0.2) is 40.6 Å². The zero-order valence-electron chi connectivity index (χ0n) is 22.3. The number of hydrogen-bond acceptors (Lipinski definition) is 6. The SMILES string of the molecule is COc1ccc(C2OC(C)C2(C)CCCC2(C)C(C)OC2c2ccc(OC)cc2OC)c(OC)c1. The van der Waals surface area contributed by atoms with Crippen LogP contribution in [0.15, 0.2) is 36.4 Å². The number of hydrogen-bond donors (Lipinski definition) is 0. The largest absolute Gasteiger partial charge is 0.497 e. The third-order valence-electron chi connectivity index (χ3n) is 8.61. The van der Waals surface area contributed by atoms with E-state index in [9.17, 15) is 0 Å². The molecule has 35 heavy (non-hydrogen) atoms. The van der Waals surface area contributed by atoms with E-state index in [4.69, 9.17) is 28.4 Å². The lowest BCUT2D eigenvalue weighted by Gasteiger charge is -2.55. The first-order chi connectivity index (χ1) is 16.7. The van der Waals surface area contributed by atoms with E-state index in [1.165, 1.54) is 0 Å². The van der Waals surface area contributed by atoms with Crippen LogP contribution >= 0.6 is 0 Å². The molecule has 0 N–H and O–H groups in total. The first-order valence-corrected chi connectivity index (χ1v) is 12.5. The topological polar surface area (TPSA) is 55.4 Å². The number of methoxy groups -OCH3 is 4. The summed E-state index contributed by atoms with van der Waals surface area (Å²) in [5, 5.41) is 0. The molecule has 2 aliphatic rings. The summed E-state index contributed by atoms with van der Waals surface area (Å²) in [5.41, 5.74) is 2.22. The van der Waals surface area contributed by atoms with Crippen molar-refractivity contribution >= 4 is 0 Å². The first-order valence-electron chi connectivity index (χ1n) is 12.5. The summed E-state index contributed by atoms with van der Waals surface area (Å²) in [5.74, 6) is 3.19. The van der Waals surface area contributed by atoms with Gasteiger partial charge >= 0.3 is 0 Å². The minimum Gasteiger partial charge on any atom is -0.497 e. The minimum atomic E-state index is -0.00120. The Morgan fingerprint density at radius 1 is 0.657 bits per heavy atom. The van der Waals surface area contributed by atoms with E-state index in [1.54, 1.807) is 28.4 Å². The van der Waals surface area contributed by atoms with Gasteiger partial charge in [0.2, 0.25) is 0 Å². The van der Waals surface area contributed by atoms with Crippen LogP contribution in [0.4, 0.5) is 0 Å². The number of benzene rings is 2. The molecule has 2 heterocycles. The van der Waals surface area contributed by atoms with Gasteiger partial charge in [-0.05, 0) is 51.0 Å². The van der Waals surface area contributed by atoms with Gasteiger partial charge in [0.15, 0.2) is 0 Å². The molecule has 6 atom stereocenters. The van der Waals surface area contributed by atoms with E-state index in [0.717, 1.165) is 53.4 Å². The lowest BCUT2D eigenvalue weighted by molar-refractivity contribution is -0.255. The summed E-state index contributed by atoms with van der Waals surface area (Å²) in [6.07, 6.45) is 3.56. The molecular weight excluding hydrogens is 444 g/mol. The van der Waals surface area contributed by atoms with Gasteiger partial charge in [0.05, 0.1) is 52.9 Å². The third kappa shape index (κ3) is 4.36. The average molecular weight is 485 g/mol. The predicted molar refractivity (Wildman–Crippen MR) is 136 cm³/mol. The Morgan fingerprint density at radius 2 is 1.06 bits per heavy atom. The fraction of sp³-hybridized carbons (Fsp3) is 0.586. The highest BCUT2D eigenvalue weighted by molar-refractivity contribution is 5.44. The van der Waals surface area contributed by atoms with Crippen molar-refractivity contribution in [1.82, 2.24) is 0 Å². The second-order valence-electron chi connectivity index (χ2n) is 10.4. The quantitative estimate of drug-likeness (QED) is 0.382. The zero-order chi connectivity index (χ0) is 25.4. The van der Waals surface area contributed by atoms with Gasteiger partial charge in [-0.1, -0.05) is 20.3 Å². The molecule has 2 aromatic carbocycles. The smallest absolute Gasteiger partial charge is 0.128 e. The molecule has 0 aliphatic carbocycles. The van der Waals surface area contributed by atoms with Gasteiger partial charge in [-0.2, -0.15) is 0 Å². The second-order valence-corrected chi connectivity index (χ2v) is 10.4. The molecule has 0 bridgehead atoms. The van der Waals surface area contributed by atoms with Gasteiger partial charge in [0.1, 0.15) is 23.0 Å². The molecular formula is C29H40O6. The normalized spacial score (nSPS) is 31.8. The molecule has 0 spiro atoms. The lowest BCUT2D eigenvalue weighted by Crippen LogP contribution is -2.52. The van der Waals surface area contributed by atoms with Gasteiger partial charge in [-0.15, -0.1) is 0 Å². The molecule has 2 fully saturated rings. The Kier molecular flexibility index (Phi) is 7.26. The molecule has 0 aromatic heterocycles. The van der Waals surface area contributed by atoms with Crippen molar-refractivity contribution in [3.05, 3.63) is 47.5 Å². The van der Waals surface area contributed by atoms with E-state index < -0.39 is 0 Å². The van der Waals surface area contributed by atoms with Crippen molar-refractivity contribution < 1.29 is 28.4 Å². The summed E-state index contributed by atoms with van der Waals surface area (Å²) in [6.45, 7) is 9.02. The Morgan fingerprint density at radius 3 is 1.37 bits per heavy atom. The van der Waals surface area contributed by atoms with Crippen LogP contribution in [0, 0.1) is 10.8 Å². The monoisotopic (exact) mass is 484 g/mol. The molecule has 6 nitrogen and oxygen atoms in total. The van der Waals surface area contributed by atoms with Crippen LogP contribution in [0.3, 0.4) is 0 Å². The fourth-order valence-electron chi connectivity index (χ4n) is 5.76. The molecule has 0 saturated carbocycles. The maximum absolute atomic E-state index is 6.27. The van der Waals surface area contributed by atoms with Gasteiger partial charge in [0, 0.05) is 34.1 Å². The van der Waals surface area contributed by atoms with Crippen molar-refractivity contribution in [3.63, 3.8) is 0 Å². The highest BCUT2D eigenvalue weighted by Crippen LogP contribution is 2.59. The van der Waals surface area contributed by atoms with E-state index in [2.05, 4.69) is 39.8 Å². The molecule has 6 unspecified atom stereocenters. The molecule has 2 aromatic rings. The first kappa shape index (κ1) is 25.6. The molecule has 192 valence electrons.